The van der Waals surface area contributed by atoms with Crippen LogP contribution < -0.4 is 5.32 Å². The van der Waals surface area contributed by atoms with E-state index in [4.69, 9.17) is 11.6 Å². The first-order chi connectivity index (χ1) is 7.97. The van der Waals surface area contributed by atoms with Gasteiger partial charge in [0.2, 0.25) is 0 Å². The highest BCUT2D eigenvalue weighted by Gasteiger charge is 2.31. The zero-order valence-corrected chi connectivity index (χ0v) is 9.91. The largest absolute Gasteiger partial charge is 0.416 e. The molecule has 1 saturated heterocycles. The Hall–Kier alpha value is -0.740. The second-order valence-electron chi connectivity index (χ2n) is 4.27. The smallest absolute Gasteiger partial charge is 0.310 e. The molecule has 1 aliphatic rings. The Bertz CT molecular complexity index is 397. The van der Waals surface area contributed by atoms with E-state index < -0.39 is 11.7 Å². The highest BCUT2D eigenvalue weighted by Crippen LogP contribution is 2.34. The van der Waals surface area contributed by atoms with Gasteiger partial charge in [0.1, 0.15) is 0 Å². The van der Waals surface area contributed by atoms with Crippen molar-refractivity contribution in [2.24, 2.45) is 0 Å². The number of piperidine rings is 1. The van der Waals surface area contributed by atoms with Gasteiger partial charge >= 0.3 is 6.18 Å². The Morgan fingerprint density at radius 2 is 1.94 bits per heavy atom. The molecule has 0 spiro atoms. The summed E-state index contributed by atoms with van der Waals surface area (Å²) in [5.41, 5.74) is -0.0445. The molecule has 0 saturated carbocycles. The second-order valence-corrected chi connectivity index (χ2v) is 4.71. The molecule has 1 atom stereocenters. The summed E-state index contributed by atoms with van der Waals surface area (Å²) in [6, 6.07) is 3.76. The van der Waals surface area contributed by atoms with Gasteiger partial charge in [0, 0.05) is 11.1 Å². The summed E-state index contributed by atoms with van der Waals surface area (Å²) in [5, 5.41) is 3.36. The van der Waals surface area contributed by atoms with Gasteiger partial charge in [-0.3, -0.25) is 0 Å². The van der Waals surface area contributed by atoms with Gasteiger partial charge in [-0.1, -0.05) is 18.0 Å². The van der Waals surface area contributed by atoms with Crippen molar-refractivity contribution in [2.75, 3.05) is 6.54 Å². The maximum absolute atomic E-state index is 12.6. The first-order valence-corrected chi connectivity index (χ1v) is 5.96. The van der Waals surface area contributed by atoms with E-state index in [0.717, 1.165) is 31.9 Å². The number of halogens is 4. The van der Waals surface area contributed by atoms with Crippen molar-refractivity contribution in [3.05, 3.63) is 34.3 Å². The van der Waals surface area contributed by atoms with E-state index in [1.165, 1.54) is 6.07 Å². The molecule has 0 radical (unpaired) electrons. The predicted molar refractivity (Wildman–Crippen MR) is 61.0 cm³/mol. The number of rotatable bonds is 1. The van der Waals surface area contributed by atoms with Crippen molar-refractivity contribution in [2.45, 2.75) is 31.5 Å². The Morgan fingerprint density at radius 3 is 2.53 bits per heavy atom. The molecule has 1 N–H and O–H groups in total. The number of benzene rings is 1. The molecule has 0 aromatic heterocycles. The Morgan fingerprint density at radius 1 is 1.18 bits per heavy atom. The molecule has 1 fully saturated rings. The van der Waals surface area contributed by atoms with Crippen LogP contribution in [-0.2, 0) is 6.18 Å². The molecule has 5 heteroatoms. The minimum absolute atomic E-state index is 0.0106. The lowest BCUT2D eigenvalue weighted by Crippen LogP contribution is -2.27. The Kier molecular flexibility index (Phi) is 3.64. The van der Waals surface area contributed by atoms with Crippen LogP contribution in [0.4, 0.5) is 13.2 Å². The van der Waals surface area contributed by atoms with E-state index in [1.54, 1.807) is 6.07 Å². The van der Waals surface area contributed by atoms with Crippen LogP contribution in [0.25, 0.3) is 0 Å². The zero-order chi connectivity index (χ0) is 12.5. The summed E-state index contributed by atoms with van der Waals surface area (Å²) in [5.74, 6) is 0. The van der Waals surface area contributed by atoms with Gasteiger partial charge in [-0.05, 0) is 43.1 Å². The van der Waals surface area contributed by atoms with Crippen LogP contribution in [0.1, 0.15) is 36.4 Å². The van der Waals surface area contributed by atoms with Crippen molar-refractivity contribution in [3.8, 4) is 0 Å². The van der Waals surface area contributed by atoms with Crippen LogP contribution in [0.2, 0.25) is 5.02 Å². The Balaban J connectivity index is 2.31. The predicted octanol–water partition coefficient (Wildman–Crippen LogP) is 4.17. The van der Waals surface area contributed by atoms with Gasteiger partial charge in [0.15, 0.2) is 0 Å². The molecule has 0 bridgehead atoms. The van der Waals surface area contributed by atoms with Gasteiger partial charge < -0.3 is 5.32 Å². The molecule has 0 aliphatic carbocycles. The van der Waals surface area contributed by atoms with Crippen LogP contribution in [0.15, 0.2) is 18.2 Å². The standard InChI is InChI=1S/C12H13ClF3N/c13-10-6-8(11-3-1-2-4-17-11)5-9(7-10)12(14,15)16/h5-7,11,17H,1-4H2. The molecule has 1 aromatic carbocycles. The monoisotopic (exact) mass is 263 g/mol. The normalized spacial score (nSPS) is 21.5. The summed E-state index contributed by atoms with van der Waals surface area (Å²) >= 11 is 5.75. The van der Waals surface area contributed by atoms with Gasteiger partial charge in [-0.25, -0.2) is 0 Å². The third-order valence-corrected chi connectivity index (χ3v) is 3.18. The fourth-order valence-corrected chi connectivity index (χ4v) is 2.36. The molecular weight excluding hydrogens is 251 g/mol. The quantitative estimate of drug-likeness (QED) is 0.802. The maximum atomic E-state index is 12.6. The first-order valence-electron chi connectivity index (χ1n) is 5.58. The van der Waals surface area contributed by atoms with Crippen molar-refractivity contribution >= 4 is 11.6 Å². The number of hydrogen-bond donors (Lipinski definition) is 1. The summed E-state index contributed by atoms with van der Waals surface area (Å²) in [4.78, 5) is 0. The topological polar surface area (TPSA) is 12.0 Å². The lowest BCUT2D eigenvalue weighted by Gasteiger charge is -2.24. The molecule has 1 aromatic rings. The van der Waals surface area contributed by atoms with Crippen molar-refractivity contribution in [3.63, 3.8) is 0 Å². The third kappa shape index (κ3) is 3.13. The van der Waals surface area contributed by atoms with Crippen LogP contribution in [0, 0.1) is 0 Å². The highest BCUT2D eigenvalue weighted by molar-refractivity contribution is 6.30. The van der Waals surface area contributed by atoms with Gasteiger partial charge in [-0.2, -0.15) is 13.2 Å². The second kappa shape index (κ2) is 4.86. The molecule has 1 nitrogen and oxygen atoms in total. The van der Waals surface area contributed by atoms with E-state index in [-0.39, 0.29) is 11.1 Å². The first kappa shape index (κ1) is 12.7. The Labute approximate surface area is 103 Å². The molecule has 1 unspecified atom stereocenters. The zero-order valence-electron chi connectivity index (χ0n) is 9.15. The minimum Gasteiger partial charge on any atom is -0.310 e. The average molecular weight is 264 g/mol. The van der Waals surface area contributed by atoms with E-state index >= 15 is 0 Å². The molecule has 94 valence electrons. The van der Waals surface area contributed by atoms with E-state index in [1.807, 2.05) is 0 Å². The van der Waals surface area contributed by atoms with E-state index in [9.17, 15) is 13.2 Å². The minimum atomic E-state index is -4.34. The lowest BCUT2D eigenvalue weighted by atomic mass is 9.96. The van der Waals surface area contributed by atoms with Crippen LogP contribution in [0.3, 0.4) is 0 Å². The number of hydrogen-bond acceptors (Lipinski definition) is 1. The third-order valence-electron chi connectivity index (χ3n) is 2.96. The lowest BCUT2D eigenvalue weighted by molar-refractivity contribution is -0.137. The van der Waals surface area contributed by atoms with Crippen LogP contribution >= 0.6 is 11.6 Å². The van der Waals surface area contributed by atoms with Gasteiger partial charge in [0.25, 0.3) is 0 Å². The van der Waals surface area contributed by atoms with Crippen molar-refractivity contribution in [1.29, 1.82) is 0 Å². The van der Waals surface area contributed by atoms with Gasteiger partial charge in [-0.15, -0.1) is 0 Å². The number of nitrogens with one attached hydrogen (secondary N) is 1. The fraction of sp³-hybridized carbons (Fsp3) is 0.500. The fourth-order valence-electron chi connectivity index (χ4n) is 2.11. The summed E-state index contributed by atoms with van der Waals surface area (Å²) in [7, 11) is 0. The van der Waals surface area contributed by atoms with Gasteiger partial charge in [0.05, 0.1) is 5.56 Å². The average Bonchev–Trinajstić information content (AvgIpc) is 2.28. The maximum Gasteiger partial charge on any atom is 0.416 e. The molecule has 1 aliphatic heterocycles. The molecule has 1 heterocycles. The van der Waals surface area contributed by atoms with E-state index in [0.29, 0.717) is 5.56 Å². The van der Waals surface area contributed by atoms with E-state index in [2.05, 4.69) is 5.32 Å². The summed E-state index contributed by atoms with van der Waals surface area (Å²) in [6.07, 6.45) is -1.37. The molecule has 17 heavy (non-hydrogen) atoms. The molecule has 0 amide bonds. The molecular formula is C12H13ClF3N. The summed E-state index contributed by atoms with van der Waals surface area (Å²) < 4.78 is 37.9. The molecule has 2 rings (SSSR count). The summed E-state index contributed by atoms with van der Waals surface area (Å²) in [6.45, 7) is 0.846. The van der Waals surface area contributed by atoms with Crippen molar-refractivity contribution < 1.29 is 13.2 Å². The van der Waals surface area contributed by atoms with Crippen LogP contribution in [-0.4, -0.2) is 6.54 Å². The van der Waals surface area contributed by atoms with Crippen LogP contribution in [0.5, 0.6) is 0 Å². The SMILES string of the molecule is FC(F)(F)c1cc(Cl)cc(C2CCCCN2)c1. The highest BCUT2D eigenvalue weighted by atomic mass is 35.5. The number of alkyl halides is 3. The van der Waals surface area contributed by atoms with Crippen molar-refractivity contribution in [1.82, 2.24) is 5.32 Å².